The molecule has 1 unspecified atom stereocenters. The van der Waals surface area contributed by atoms with Gasteiger partial charge in [0.1, 0.15) is 11.5 Å². The highest BCUT2D eigenvalue weighted by molar-refractivity contribution is 6.09. The summed E-state index contributed by atoms with van der Waals surface area (Å²) in [5, 5.41) is 2.69. The zero-order valence-corrected chi connectivity index (χ0v) is 15.2. The Labute approximate surface area is 161 Å². The smallest absolute Gasteiger partial charge is 0.277 e. The van der Waals surface area contributed by atoms with Gasteiger partial charge in [-0.3, -0.25) is 14.6 Å². The molecule has 3 aromatic rings. The molecule has 1 atom stereocenters. The second kappa shape index (κ2) is 7.23. The number of carbonyl (C=O) groups excluding carboxylic acids is 2. The topological polar surface area (TPSA) is 62.3 Å². The number of fused-ring (bicyclic) bond motifs is 1. The Bertz CT molecular complexity index is 1050. The maximum Gasteiger partial charge on any atom is 0.277 e. The van der Waals surface area contributed by atoms with E-state index in [9.17, 15) is 14.0 Å². The van der Waals surface area contributed by atoms with Crippen molar-refractivity contribution in [1.82, 2.24) is 4.98 Å². The minimum Gasteiger partial charge on any atom is -0.322 e. The van der Waals surface area contributed by atoms with Crippen LogP contribution in [0.3, 0.4) is 0 Å². The van der Waals surface area contributed by atoms with Gasteiger partial charge in [-0.2, -0.15) is 0 Å². The molecule has 4 rings (SSSR count). The molecule has 1 aliphatic rings. The van der Waals surface area contributed by atoms with E-state index in [1.807, 2.05) is 31.2 Å². The first-order chi connectivity index (χ1) is 13.5. The number of para-hydroxylation sites is 1. The zero-order chi connectivity index (χ0) is 19.7. The lowest BCUT2D eigenvalue weighted by Crippen LogP contribution is -2.36. The molecular weight excluding hydrogens is 357 g/mol. The average Bonchev–Trinajstić information content (AvgIpc) is 3.05. The van der Waals surface area contributed by atoms with E-state index >= 15 is 0 Å². The van der Waals surface area contributed by atoms with Crippen molar-refractivity contribution in [2.24, 2.45) is 0 Å². The lowest BCUT2D eigenvalue weighted by Gasteiger charge is -2.22. The van der Waals surface area contributed by atoms with Crippen molar-refractivity contribution >= 4 is 23.2 Å². The number of amides is 2. The molecule has 2 heterocycles. The number of aromatic nitrogens is 1. The molecule has 5 nitrogen and oxygen atoms in total. The van der Waals surface area contributed by atoms with Gasteiger partial charge in [-0.25, -0.2) is 4.39 Å². The maximum absolute atomic E-state index is 13.1. The van der Waals surface area contributed by atoms with Crippen LogP contribution in [0.5, 0.6) is 0 Å². The molecule has 0 aliphatic carbocycles. The second-order valence-electron chi connectivity index (χ2n) is 6.75. The van der Waals surface area contributed by atoms with Crippen molar-refractivity contribution in [3.63, 3.8) is 0 Å². The summed E-state index contributed by atoms with van der Waals surface area (Å²) in [6, 6.07) is 16.3. The molecule has 1 aliphatic heterocycles. The third-order valence-corrected chi connectivity index (χ3v) is 4.77. The van der Waals surface area contributed by atoms with Crippen LogP contribution < -0.4 is 10.2 Å². The number of nitrogens with zero attached hydrogens (tertiary/aromatic N) is 2. The van der Waals surface area contributed by atoms with Gasteiger partial charge < -0.3 is 10.2 Å². The van der Waals surface area contributed by atoms with E-state index in [-0.39, 0.29) is 23.5 Å². The summed E-state index contributed by atoms with van der Waals surface area (Å²) < 4.78 is 13.0. The van der Waals surface area contributed by atoms with Crippen molar-refractivity contribution in [3.05, 3.63) is 89.5 Å². The number of halogens is 1. The zero-order valence-electron chi connectivity index (χ0n) is 15.2. The highest BCUT2D eigenvalue weighted by Gasteiger charge is 2.32. The highest BCUT2D eigenvalue weighted by atomic mass is 19.1. The summed E-state index contributed by atoms with van der Waals surface area (Å²) in [6.07, 6.45) is 2.23. The van der Waals surface area contributed by atoms with Crippen LogP contribution in [0.2, 0.25) is 0 Å². The Kier molecular flexibility index (Phi) is 4.61. The Balaban J connectivity index is 1.57. The van der Waals surface area contributed by atoms with E-state index in [0.717, 1.165) is 17.7 Å². The number of pyridine rings is 1. The summed E-state index contributed by atoms with van der Waals surface area (Å²) in [5.74, 6) is -1.01. The van der Waals surface area contributed by atoms with E-state index in [1.54, 1.807) is 4.90 Å². The SMILES string of the molecule is CC1Cc2ccccc2N1C(=O)c1cc(C(=O)Nc2ccc(F)cc2)ccn1. The van der Waals surface area contributed by atoms with Gasteiger partial charge >= 0.3 is 0 Å². The van der Waals surface area contributed by atoms with Gasteiger partial charge in [0.2, 0.25) is 0 Å². The number of hydrogen-bond acceptors (Lipinski definition) is 3. The molecule has 0 radical (unpaired) electrons. The number of hydrogen-bond donors (Lipinski definition) is 1. The number of rotatable bonds is 3. The quantitative estimate of drug-likeness (QED) is 0.751. The molecule has 0 spiro atoms. The summed E-state index contributed by atoms with van der Waals surface area (Å²) in [4.78, 5) is 31.5. The van der Waals surface area contributed by atoms with E-state index in [0.29, 0.717) is 11.3 Å². The molecule has 0 fully saturated rings. The molecule has 1 aromatic heterocycles. The van der Waals surface area contributed by atoms with Crippen molar-refractivity contribution in [2.75, 3.05) is 10.2 Å². The van der Waals surface area contributed by atoms with Crippen LogP contribution >= 0.6 is 0 Å². The molecule has 140 valence electrons. The molecule has 0 saturated heterocycles. The van der Waals surface area contributed by atoms with Crippen LogP contribution in [0.4, 0.5) is 15.8 Å². The Hall–Kier alpha value is -3.54. The minimum absolute atomic E-state index is 0.0170. The molecule has 6 heteroatoms. The van der Waals surface area contributed by atoms with Crippen molar-refractivity contribution in [1.29, 1.82) is 0 Å². The number of carbonyl (C=O) groups is 2. The van der Waals surface area contributed by atoms with Crippen molar-refractivity contribution in [2.45, 2.75) is 19.4 Å². The average molecular weight is 375 g/mol. The van der Waals surface area contributed by atoms with E-state index in [1.165, 1.54) is 42.6 Å². The number of nitrogens with one attached hydrogen (secondary N) is 1. The lowest BCUT2D eigenvalue weighted by molar-refractivity contribution is 0.0976. The number of benzene rings is 2. The normalized spacial score (nSPS) is 15.2. The van der Waals surface area contributed by atoms with Crippen molar-refractivity contribution < 1.29 is 14.0 Å². The molecule has 28 heavy (non-hydrogen) atoms. The summed E-state index contributed by atoms with van der Waals surface area (Å²) in [5.41, 5.74) is 2.98. The molecule has 2 aromatic carbocycles. The fourth-order valence-corrected chi connectivity index (χ4v) is 3.42. The molecule has 1 N–H and O–H groups in total. The fourth-order valence-electron chi connectivity index (χ4n) is 3.42. The van der Waals surface area contributed by atoms with Crippen LogP contribution in [-0.2, 0) is 6.42 Å². The van der Waals surface area contributed by atoms with Crippen molar-refractivity contribution in [3.8, 4) is 0 Å². The molecule has 2 amide bonds. The van der Waals surface area contributed by atoms with E-state index < -0.39 is 5.91 Å². The first-order valence-electron chi connectivity index (χ1n) is 8.97. The third-order valence-electron chi connectivity index (χ3n) is 4.77. The van der Waals surface area contributed by atoms with Crippen LogP contribution in [0.25, 0.3) is 0 Å². The summed E-state index contributed by atoms with van der Waals surface area (Å²) >= 11 is 0. The minimum atomic E-state index is -0.391. The van der Waals surface area contributed by atoms with Crippen LogP contribution in [-0.4, -0.2) is 22.8 Å². The third kappa shape index (κ3) is 3.36. The Morgan fingerprint density at radius 3 is 2.64 bits per heavy atom. The predicted molar refractivity (Wildman–Crippen MR) is 105 cm³/mol. The summed E-state index contributed by atoms with van der Waals surface area (Å²) in [7, 11) is 0. The van der Waals surface area contributed by atoms with Crippen LogP contribution in [0, 0.1) is 5.82 Å². The van der Waals surface area contributed by atoms with Gasteiger partial charge in [0.15, 0.2) is 0 Å². The van der Waals surface area contributed by atoms with Crippen LogP contribution in [0.1, 0.15) is 33.3 Å². The van der Waals surface area contributed by atoms with Gasteiger partial charge in [0.05, 0.1) is 0 Å². The predicted octanol–water partition coefficient (Wildman–Crippen LogP) is 4.06. The fraction of sp³-hybridized carbons (Fsp3) is 0.136. The first kappa shape index (κ1) is 17.9. The Morgan fingerprint density at radius 2 is 1.86 bits per heavy atom. The molecular formula is C22H18FN3O2. The first-order valence-corrected chi connectivity index (χ1v) is 8.97. The Morgan fingerprint density at radius 1 is 1.11 bits per heavy atom. The van der Waals surface area contributed by atoms with Gasteiger partial charge in [0, 0.05) is 29.2 Å². The molecule has 0 saturated carbocycles. The second-order valence-corrected chi connectivity index (χ2v) is 6.75. The lowest BCUT2D eigenvalue weighted by atomic mass is 10.1. The van der Waals surface area contributed by atoms with Gasteiger partial charge in [-0.1, -0.05) is 18.2 Å². The largest absolute Gasteiger partial charge is 0.322 e. The maximum atomic E-state index is 13.1. The molecule has 0 bridgehead atoms. The van der Waals surface area contributed by atoms with Gasteiger partial charge in [-0.05, 0) is 61.4 Å². The van der Waals surface area contributed by atoms with E-state index in [2.05, 4.69) is 10.3 Å². The highest BCUT2D eigenvalue weighted by Crippen LogP contribution is 2.32. The number of anilines is 2. The van der Waals surface area contributed by atoms with Gasteiger partial charge in [-0.15, -0.1) is 0 Å². The summed E-state index contributed by atoms with van der Waals surface area (Å²) in [6.45, 7) is 1.99. The van der Waals surface area contributed by atoms with Crippen LogP contribution in [0.15, 0.2) is 66.9 Å². The van der Waals surface area contributed by atoms with E-state index in [4.69, 9.17) is 0 Å². The standard InChI is InChI=1S/C22H18FN3O2/c1-14-12-15-4-2-3-5-20(15)26(14)22(28)19-13-16(10-11-24-19)21(27)25-18-8-6-17(23)7-9-18/h2-11,13-14H,12H2,1H3,(H,25,27). The monoisotopic (exact) mass is 375 g/mol. The van der Waals surface area contributed by atoms with Gasteiger partial charge in [0.25, 0.3) is 11.8 Å².